The van der Waals surface area contributed by atoms with Crippen LogP contribution in [-0.2, 0) is 10.2 Å². The first-order chi connectivity index (χ1) is 14.4. The normalized spacial score (nSPS) is 14.9. The fourth-order valence-corrected chi connectivity index (χ4v) is 3.95. The first-order valence-electron chi connectivity index (χ1n) is 9.32. The summed E-state index contributed by atoms with van der Waals surface area (Å²) in [5, 5.41) is 3.66. The number of hydrogen-bond donors (Lipinski definition) is 1. The number of methoxy groups -OCH3 is 1. The summed E-state index contributed by atoms with van der Waals surface area (Å²) in [4.78, 5) is 22.2. The number of fused-ring (bicyclic) bond motifs is 1. The number of nitrogens with zero attached hydrogens (tertiary/aromatic N) is 3. The van der Waals surface area contributed by atoms with Gasteiger partial charge in [-0.2, -0.15) is 0 Å². The van der Waals surface area contributed by atoms with Gasteiger partial charge in [-0.15, -0.1) is 0 Å². The molecule has 1 amide bonds. The number of rotatable bonds is 5. The van der Waals surface area contributed by atoms with Crippen LogP contribution in [0.25, 0.3) is 10.9 Å². The van der Waals surface area contributed by atoms with Gasteiger partial charge in [-0.25, -0.2) is 14.4 Å². The monoisotopic (exact) mass is 426 g/mol. The van der Waals surface area contributed by atoms with E-state index in [0.29, 0.717) is 18.9 Å². The molecule has 0 unspecified atom stereocenters. The van der Waals surface area contributed by atoms with Crippen molar-refractivity contribution < 1.29 is 13.9 Å². The number of aromatic nitrogens is 2. The number of hydrogen-bond acceptors (Lipinski definition) is 5. The van der Waals surface area contributed by atoms with Gasteiger partial charge >= 0.3 is 0 Å². The molecule has 2 aromatic carbocycles. The number of carbonyl (C=O) groups is 1. The summed E-state index contributed by atoms with van der Waals surface area (Å²) in [6.07, 6.45) is 2.74. The molecule has 0 bridgehead atoms. The number of anilines is 2. The first kappa shape index (κ1) is 20.1. The van der Waals surface area contributed by atoms with E-state index in [-0.39, 0.29) is 27.8 Å². The summed E-state index contributed by atoms with van der Waals surface area (Å²) in [5.41, 5.74) is 1.77. The lowest BCUT2D eigenvalue weighted by atomic mass is 9.75. The van der Waals surface area contributed by atoms with Gasteiger partial charge in [0.15, 0.2) is 5.82 Å². The number of benzene rings is 2. The molecular weight excluding hydrogens is 407 g/mol. The average Bonchev–Trinajstić information content (AvgIpc) is 2.74. The van der Waals surface area contributed by atoms with Gasteiger partial charge in [0, 0.05) is 23.9 Å². The van der Waals surface area contributed by atoms with Crippen molar-refractivity contribution in [1.82, 2.24) is 14.9 Å². The number of ether oxygens (including phenoxy) is 1. The predicted molar refractivity (Wildman–Crippen MR) is 115 cm³/mol. The smallest absolute Gasteiger partial charge is 0.246 e. The quantitative estimate of drug-likeness (QED) is 0.610. The van der Waals surface area contributed by atoms with Crippen LogP contribution in [-0.4, -0.2) is 41.0 Å². The number of likely N-dealkylation sites (tertiary alicyclic amines) is 1. The Kier molecular flexibility index (Phi) is 5.07. The Hall–Kier alpha value is -3.19. The van der Waals surface area contributed by atoms with Gasteiger partial charge in [-0.05, 0) is 35.9 Å². The third-order valence-electron chi connectivity index (χ3n) is 5.42. The minimum atomic E-state index is -0.622. The molecule has 1 saturated heterocycles. The van der Waals surface area contributed by atoms with Crippen LogP contribution in [0, 0.1) is 5.82 Å². The summed E-state index contributed by atoms with van der Waals surface area (Å²) in [5.74, 6) is 0.0179. The van der Waals surface area contributed by atoms with Crippen LogP contribution >= 0.6 is 11.6 Å². The molecule has 1 fully saturated rings. The highest BCUT2D eigenvalue weighted by molar-refractivity contribution is 6.32. The van der Waals surface area contributed by atoms with E-state index in [0.717, 1.165) is 16.5 Å². The summed E-state index contributed by atoms with van der Waals surface area (Å²) < 4.78 is 19.7. The Bertz CT molecular complexity index is 1160. The topological polar surface area (TPSA) is 67.4 Å². The molecule has 0 radical (unpaired) electrons. The Balaban J connectivity index is 1.69. The standard InChI is InChI=1S/C22H20ClFN4O2/c1-4-18(29)28-10-22(2,11-28)13-5-6-15-14(9-13)21(26-12-25-15)27-16-7-8-17(30-3)19(23)20(16)24/h4-9,12H,1,10-11H2,2-3H3,(H,25,26,27). The Labute approximate surface area is 178 Å². The van der Waals surface area contributed by atoms with Gasteiger partial charge in [-0.1, -0.05) is 31.2 Å². The molecule has 6 nitrogen and oxygen atoms in total. The molecule has 1 N–H and O–H groups in total. The fourth-order valence-electron chi connectivity index (χ4n) is 3.71. The van der Waals surface area contributed by atoms with Gasteiger partial charge in [0.2, 0.25) is 5.91 Å². The van der Waals surface area contributed by atoms with Crippen LogP contribution in [0.5, 0.6) is 5.75 Å². The fraction of sp³-hybridized carbons (Fsp3) is 0.227. The molecule has 154 valence electrons. The molecule has 3 aromatic rings. The van der Waals surface area contributed by atoms with Crippen LogP contribution in [0.1, 0.15) is 12.5 Å². The molecule has 2 heterocycles. The zero-order valence-corrected chi connectivity index (χ0v) is 17.3. The largest absolute Gasteiger partial charge is 0.495 e. The van der Waals surface area contributed by atoms with Crippen molar-refractivity contribution in [3.8, 4) is 5.75 Å². The number of carbonyl (C=O) groups excluding carboxylic acids is 1. The van der Waals surface area contributed by atoms with Crippen molar-refractivity contribution in [2.75, 3.05) is 25.5 Å². The van der Waals surface area contributed by atoms with Crippen LogP contribution < -0.4 is 10.1 Å². The van der Waals surface area contributed by atoms with E-state index in [4.69, 9.17) is 16.3 Å². The third-order valence-corrected chi connectivity index (χ3v) is 5.77. The molecule has 0 atom stereocenters. The van der Waals surface area contributed by atoms with E-state index in [1.165, 1.54) is 19.5 Å². The van der Waals surface area contributed by atoms with Crippen LogP contribution in [0.3, 0.4) is 0 Å². The first-order valence-corrected chi connectivity index (χ1v) is 9.69. The van der Waals surface area contributed by atoms with Crippen molar-refractivity contribution in [2.45, 2.75) is 12.3 Å². The highest BCUT2D eigenvalue weighted by atomic mass is 35.5. The second-order valence-electron chi connectivity index (χ2n) is 7.48. The van der Waals surface area contributed by atoms with E-state index < -0.39 is 5.82 Å². The van der Waals surface area contributed by atoms with Crippen molar-refractivity contribution in [3.63, 3.8) is 0 Å². The Morgan fingerprint density at radius 1 is 1.33 bits per heavy atom. The maximum Gasteiger partial charge on any atom is 0.246 e. The van der Waals surface area contributed by atoms with Gasteiger partial charge < -0.3 is 15.0 Å². The minimum absolute atomic E-state index is 0.0780. The van der Waals surface area contributed by atoms with E-state index in [2.05, 4.69) is 28.8 Å². The second kappa shape index (κ2) is 7.57. The van der Waals surface area contributed by atoms with E-state index in [1.54, 1.807) is 17.0 Å². The summed E-state index contributed by atoms with van der Waals surface area (Å²) in [6.45, 7) is 6.83. The van der Waals surface area contributed by atoms with Gasteiger partial charge in [0.1, 0.15) is 22.9 Å². The Morgan fingerprint density at radius 3 is 2.80 bits per heavy atom. The van der Waals surface area contributed by atoms with Crippen molar-refractivity contribution in [2.24, 2.45) is 0 Å². The van der Waals surface area contributed by atoms with Crippen molar-refractivity contribution in [1.29, 1.82) is 0 Å². The summed E-state index contributed by atoms with van der Waals surface area (Å²) in [7, 11) is 1.43. The SMILES string of the molecule is C=CC(=O)N1CC(C)(c2ccc3ncnc(Nc4ccc(OC)c(Cl)c4F)c3c2)C1. The van der Waals surface area contributed by atoms with Gasteiger partial charge in [0.05, 0.1) is 18.3 Å². The maximum atomic E-state index is 14.7. The minimum Gasteiger partial charge on any atom is -0.495 e. The van der Waals surface area contributed by atoms with Crippen LogP contribution in [0.2, 0.25) is 5.02 Å². The van der Waals surface area contributed by atoms with Gasteiger partial charge in [-0.3, -0.25) is 4.79 Å². The molecular formula is C22H20ClFN4O2. The molecule has 1 aliphatic heterocycles. The van der Waals surface area contributed by atoms with E-state index >= 15 is 0 Å². The molecule has 1 aliphatic rings. The lowest BCUT2D eigenvalue weighted by molar-refractivity contribution is -0.133. The van der Waals surface area contributed by atoms with E-state index in [1.807, 2.05) is 18.2 Å². The lowest BCUT2D eigenvalue weighted by Crippen LogP contribution is -2.59. The molecule has 0 saturated carbocycles. The average molecular weight is 427 g/mol. The highest BCUT2D eigenvalue weighted by Gasteiger charge is 2.42. The maximum absolute atomic E-state index is 14.7. The number of halogens is 2. The second-order valence-corrected chi connectivity index (χ2v) is 7.86. The molecule has 30 heavy (non-hydrogen) atoms. The molecule has 4 rings (SSSR count). The molecule has 8 heteroatoms. The van der Waals surface area contributed by atoms with Gasteiger partial charge in [0.25, 0.3) is 0 Å². The van der Waals surface area contributed by atoms with Crippen molar-refractivity contribution >= 4 is 39.9 Å². The third kappa shape index (κ3) is 3.35. The highest BCUT2D eigenvalue weighted by Crippen LogP contribution is 2.38. The van der Waals surface area contributed by atoms with Crippen LogP contribution in [0.4, 0.5) is 15.9 Å². The summed E-state index contributed by atoms with van der Waals surface area (Å²) in [6, 6.07) is 9.02. The predicted octanol–water partition coefficient (Wildman–Crippen LogP) is 4.46. The van der Waals surface area contributed by atoms with Crippen LogP contribution in [0.15, 0.2) is 49.3 Å². The Morgan fingerprint density at radius 2 is 2.10 bits per heavy atom. The number of nitrogens with one attached hydrogen (secondary N) is 1. The number of amides is 1. The molecule has 0 spiro atoms. The molecule has 1 aromatic heterocycles. The zero-order chi connectivity index (χ0) is 21.5. The van der Waals surface area contributed by atoms with Crippen molar-refractivity contribution in [3.05, 3.63) is 65.7 Å². The molecule has 0 aliphatic carbocycles. The summed E-state index contributed by atoms with van der Waals surface area (Å²) >= 11 is 6.03. The zero-order valence-electron chi connectivity index (χ0n) is 16.6. The lowest BCUT2D eigenvalue weighted by Gasteiger charge is -2.48. The van der Waals surface area contributed by atoms with E-state index in [9.17, 15) is 9.18 Å².